The van der Waals surface area contributed by atoms with Crippen LogP contribution < -0.4 is 4.74 Å². The smallest absolute Gasteiger partial charge is 0.137 e. The van der Waals surface area contributed by atoms with Crippen molar-refractivity contribution < 1.29 is 4.74 Å². The lowest BCUT2D eigenvalue weighted by Gasteiger charge is -2.07. The normalized spacial score (nSPS) is 10.8. The van der Waals surface area contributed by atoms with Gasteiger partial charge in [-0.3, -0.25) is 4.98 Å². The fraction of sp³-hybridized carbons (Fsp3) is 0.231. The molecule has 1 aromatic heterocycles. The van der Waals surface area contributed by atoms with Gasteiger partial charge >= 0.3 is 0 Å². The Labute approximate surface area is 173 Å². The minimum Gasteiger partial charge on any atom is -0.492 e. The average molecular weight is 383 g/mol. The van der Waals surface area contributed by atoms with Crippen molar-refractivity contribution in [1.29, 1.82) is 5.26 Å². The van der Waals surface area contributed by atoms with Crippen molar-refractivity contribution in [2.75, 3.05) is 6.61 Å². The molecule has 2 aromatic carbocycles. The van der Waals surface area contributed by atoms with E-state index in [2.05, 4.69) is 54.4 Å². The Morgan fingerprint density at radius 2 is 1.55 bits per heavy atom. The fourth-order valence-corrected chi connectivity index (χ4v) is 3.05. The summed E-state index contributed by atoms with van der Waals surface area (Å²) in [5, 5.41) is 8.91. The molecule has 146 valence electrons. The standard InChI is InChI=1S/C26H26N2O/c1-2-3-4-5-6-7-18-29-25-16-17-26(28-20-25)24-14-12-23(13-15-24)22-10-8-21(19-27)9-11-22/h3-4,8-17,20H,2,5-7,18H2,1H3/b4-3-. The van der Waals surface area contributed by atoms with Gasteiger partial charge in [-0.05, 0) is 61.1 Å². The van der Waals surface area contributed by atoms with E-state index in [0.717, 1.165) is 60.4 Å². The molecular weight excluding hydrogens is 356 g/mol. The van der Waals surface area contributed by atoms with Crippen LogP contribution in [0.5, 0.6) is 5.75 Å². The van der Waals surface area contributed by atoms with Crippen LogP contribution >= 0.6 is 0 Å². The largest absolute Gasteiger partial charge is 0.492 e. The van der Waals surface area contributed by atoms with Crippen LogP contribution in [0.2, 0.25) is 0 Å². The number of nitrogens with zero attached hydrogens (tertiary/aromatic N) is 2. The molecular formula is C26H26N2O. The number of allylic oxidation sites excluding steroid dienone is 2. The van der Waals surface area contributed by atoms with E-state index in [0.29, 0.717) is 5.56 Å². The van der Waals surface area contributed by atoms with Crippen molar-refractivity contribution in [3.63, 3.8) is 0 Å². The number of aromatic nitrogens is 1. The molecule has 0 bridgehead atoms. The highest BCUT2D eigenvalue weighted by Gasteiger charge is 2.03. The maximum absolute atomic E-state index is 8.91. The molecule has 0 N–H and O–H groups in total. The molecule has 3 rings (SSSR count). The minimum absolute atomic E-state index is 0.671. The molecule has 0 unspecified atom stereocenters. The summed E-state index contributed by atoms with van der Waals surface area (Å²) in [5.41, 5.74) is 4.87. The first-order valence-corrected chi connectivity index (χ1v) is 10.1. The lowest BCUT2D eigenvalue weighted by atomic mass is 10.0. The third-order valence-corrected chi connectivity index (χ3v) is 4.70. The number of ether oxygens (including phenoxy) is 1. The quantitative estimate of drug-likeness (QED) is 0.302. The van der Waals surface area contributed by atoms with E-state index in [-0.39, 0.29) is 0 Å². The van der Waals surface area contributed by atoms with E-state index in [1.807, 2.05) is 36.4 Å². The van der Waals surface area contributed by atoms with Crippen LogP contribution in [0.15, 0.2) is 79.0 Å². The molecule has 0 aliphatic heterocycles. The summed E-state index contributed by atoms with van der Waals surface area (Å²) in [6, 6.07) is 22.0. The molecule has 3 nitrogen and oxygen atoms in total. The summed E-state index contributed by atoms with van der Waals surface area (Å²) in [5.74, 6) is 0.812. The highest BCUT2D eigenvalue weighted by Crippen LogP contribution is 2.25. The van der Waals surface area contributed by atoms with Crippen LogP contribution in [-0.4, -0.2) is 11.6 Å². The topological polar surface area (TPSA) is 45.9 Å². The molecule has 0 amide bonds. The maximum atomic E-state index is 8.91. The summed E-state index contributed by atoms with van der Waals surface area (Å²) in [6.45, 7) is 2.88. The number of pyridine rings is 1. The first-order valence-electron chi connectivity index (χ1n) is 10.1. The van der Waals surface area contributed by atoms with E-state index in [1.54, 1.807) is 6.20 Å². The zero-order valence-corrected chi connectivity index (χ0v) is 16.8. The number of nitriles is 1. The molecule has 0 spiro atoms. The Bertz CT molecular complexity index is 950. The molecule has 29 heavy (non-hydrogen) atoms. The van der Waals surface area contributed by atoms with Crippen molar-refractivity contribution in [3.8, 4) is 34.2 Å². The van der Waals surface area contributed by atoms with Crippen LogP contribution in [0.4, 0.5) is 0 Å². The lowest BCUT2D eigenvalue weighted by Crippen LogP contribution is -1.97. The summed E-state index contributed by atoms with van der Waals surface area (Å²) in [6.07, 6.45) is 10.7. The van der Waals surface area contributed by atoms with Gasteiger partial charge in [-0.25, -0.2) is 0 Å². The Hall–Kier alpha value is -3.38. The number of benzene rings is 2. The lowest BCUT2D eigenvalue weighted by molar-refractivity contribution is 0.306. The van der Waals surface area contributed by atoms with Gasteiger partial charge in [0.05, 0.1) is 30.1 Å². The zero-order valence-electron chi connectivity index (χ0n) is 16.8. The van der Waals surface area contributed by atoms with E-state index < -0.39 is 0 Å². The second-order valence-electron chi connectivity index (χ2n) is 6.87. The predicted molar refractivity (Wildman–Crippen MR) is 119 cm³/mol. The van der Waals surface area contributed by atoms with Gasteiger partial charge in [0.2, 0.25) is 0 Å². The van der Waals surface area contributed by atoms with E-state index in [9.17, 15) is 0 Å². The van der Waals surface area contributed by atoms with Crippen molar-refractivity contribution in [3.05, 3.63) is 84.6 Å². The van der Waals surface area contributed by atoms with Crippen molar-refractivity contribution >= 4 is 0 Å². The molecule has 1 heterocycles. The summed E-state index contributed by atoms with van der Waals surface area (Å²) < 4.78 is 5.79. The van der Waals surface area contributed by atoms with Gasteiger partial charge in [0, 0.05) is 5.56 Å². The zero-order chi connectivity index (χ0) is 20.3. The van der Waals surface area contributed by atoms with Crippen molar-refractivity contribution in [1.82, 2.24) is 4.98 Å². The van der Waals surface area contributed by atoms with Crippen LogP contribution in [-0.2, 0) is 0 Å². The molecule has 0 saturated heterocycles. The third-order valence-electron chi connectivity index (χ3n) is 4.70. The SMILES string of the molecule is CC/C=C\CCCCOc1ccc(-c2ccc(-c3ccc(C#N)cc3)cc2)nc1. The fourth-order valence-electron chi connectivity index (χ4n) is 3.05. The highest BCUT2D eigenvalue weighted by atomic mass is 16.5. The van der Waals surface area contributed by atoms with Crippen molar-refractivity contribution in [2.45, 2.75) is 32.6 Å². The third kappa shape index (κ3) is 6.05. The summed E-state index contributed by atoms with van der Waals surface area (Å²) in [7, 11) is 0. The number of rotatable bonds is 9. The Kier molecular flexibility index (Phi) is 7.60. The van der Waals surface area contributed by atoms with E-state index >= 15 is 0 Å². The molecule has 0 aliphatic carbocycles. The monoisotopic (exact) mass is 382 g/mol. The first-order chi connectivity index (χ1) is 14.3. The number of hydrogen-bond acceptors (Lipinski definition) is 3. The molecule has 0 radical (unpaired) electrons. The molecule has 3 heteroatoms. The van der Waals surface area contributed by atoms with Gasteiger partial charge in [0.15, 0.2) is 0 Å². The maximum Gasteiger partial charge on any atom is 0.137 e. The van der Waals surface area contributed by atoms with Crippen LogP contribution in [0, 0.1) is 11.3 Å². The minimum atomic E-state index is 0.671. The van der Waals surface area contributed by atoms with Gasteiger partial charge in [0.25, 0.3) is 0 Å². The molecule has 0 saturated carbocycles. The summed E-state index contributed by atoms with van der Waals surface area (Å²) in [4.78, 5) is 4.54. The van der Waals surface area contributed by atoms with Gasteiger partial charge in [0.1, 0.15) is 5.75 Å². The number of unbranched alkanes of at least 4 members (excludes halogenated alkanes) is 2. The first kappa shape index (κ1) is 20.4. The second kappa shape index (κ2) is 10.8. The molecule has 0 atom stereocenters. The number of hydrogen-bond donors (Lipinski definition) is 0. The summed E-state index contributed by atoms with van der Waals surface area (Å²) >= 11 is 0. The Morgan fingerprint density at radius 1 is 0.862 bits per heavy atom. The van der Waals surface area contributed by atoms with Gasteiger partial charge in [-0.15, -0.1) is 0 Å². The van der Waals surface area contributed by atoms with Gasteiger partial charge in [-0.1, -0.05) is 55.5 Å². The van der Waals surface area contributed by atoms with Gasteiger partial charge < -0.3 is 4.74 Å². The predicted octanol–water partition coefficient (Wildman–Crippen LogP) is 6.80. The van der Waals surface area contributed by atoms with Crippen LogP contribution in [0.25, 0.3) is 22.4 Å². The Morgan fingerprint density at radius 3 is 2.17 bits per heavy atom. The molecule has 0 aliphatic rings. The van der Waals surface area contributed by atoms with Crippen molar-refractivity contribution in [2.24, 2.45) is 0 Å². The van der Waals surface area contributed by atoms with Crippen LogP contribution in [0.3, 0.4) is 0 Å². The molecule has 0 fully saturated rings. The highest BCUT2D eigenvalue weighted by molar-refractivity contribution is 5.69. The second-order valence-corrected chi connectivity index (χ2v) is 6.87. The average Bonchev–Trinajstić information content (AvgIpc) is 2.79. The van der Waals surface area contributed by atoms with Gasteiger partial charge in [-0.2, -0.15) is 5.26 Å². The van der Waals surface area contributed by atoms with Crippen LogP contribution in [0.1, 0.15) is 38.2 Å². The molecule has 3 aromatic rings. The van der Waals surface area contributed by atoms with E-state index in [1.165, 1.54) is 0 Å². The Balaban J connectivity index is 1.54. The van der Waals surface area contributed by atoms with E-state index in [4.69, 9.17) is 10.00 Å².